The number of rotatable bonds is 3. The zero-order valence-corrected chi connectivity index (χ0v) is 10.9. The van der Waals surface area contributed by atoms with Gasteiger partial charge in [-0.05, 0) is 29.8 Å². The molecule has 0 aliphatic carbocycles. The first-order chi connectivity index (χ1) is 8.94. The molecule has 19 heavy (non-hydrogen) atoms. The van der Waals surface area contributed by atoms with Crippen molar-refractivity contribution >= 4 is 27.5 Å². The highest BCUT2D eigenvalue weighted by atomic mass is 32.2. The summed E-state index contributed by atoms with van der Waals surface area (Å²) in [5, 5.41) is 3.73. The van der Waals surface area contributed by atoms with Crippen LogP contribution in [-0.4, -0.2) is 26.1 Å². The monoisotopic (exact) mass is 278 g/mol. The molecule has 0 saturated carbocycles. The van der Waals surface area contributed by atoms with Crippen LogP contribution in [0.1, 0.15) is 5.56 Å². The second-order valence-corrected chi connectivity index (χ2v) is 6.20. The molecule has 0 radical (unpaired) electrons. The first-order valence-electron chi connectivity index (χ1n) is 5.70. The van der Waals surface area contributed by atoms with Crippen molar-refractivity contribution in [2.75, 3.05) is 11.5 Å². The van der Waals surface area contributed by atoms with Crippen LogP contribution in [-0.2, 0) is 14.6 Å². The van der Waals surface area contributed by atoms with E-state index in [1.165, 1.54) is 12.2 Å². The quantitative estimate of drug-likeness (QED) is 0.629. The van der Waals surface area contributed by atoms with Gasteiger partial charge in [-0.25, -0.2) is 8.42 Å². The standard InChI is InChI=1S/C13H14N2O3S/c14-11-4-1-10(2-5-11)3-6-13(16)15-12-7-8-19(17,18)9-12/h1-8,12H,9,14H2,(H,15,16)/b6-3+. The fraction of sp³-hybridized carbons (Fsp3) is 0.154. The highest BCUT2D eigenvalue weighted by molar-refractivity contribution is 7.94. The maximum atomic E-state index is 11.6. The molecule has 2 rings (SSSR count). The predicted molar refractivity (Wildman–Crippen MR) is 74.7 cm³/mol. The van der Waals surface area contributed by atoms with Crippen molar-refractivity contribution in [1.29, 1.82) is 0 Å². The van der Waals surface area contributed by atoms with Gasteiger partial charge < -0.3 is 11.1 Å². The average molecular weight is 278 g/mol. The van der Waals surface area contributed by atoms with Gasteiger partial charge >= 0.3 is 0 Å². The second-order valence-electron chi connectivity index (χ2n) is 4.27. The third-order valence-corrected chi connectivity index (χ3v) is 4.02. The van der Waals surface area contributed by atoms with Crippen LogP contribution in [0.25, 0.3) is 6.08 Å². The van der Waals surface area contributed by atoms with E-state index in [0.717, 1.165) is 11.0 Å². The van der Waals surface area contributed by atoms with Gasteiger partial charge in [-0.3, -0.25) is 4.79 Å². The van der Waals surface area contributed by atoms with Crippen LogP contribution in [0.2, 0.25) is 0 Å². The van der Waals surface area contributed by atoms with Gasteiger partial charge in [0.15, 0.2) is 9.84 Å². The zero-order chi connectivity index (χ0) is 13.9. The van der Waals surface area contributed by atoms with Gasteiger partial charge in [0.2, 0.25) is 5.91 Å². The van der Waals surface area contributed by atoms with Crippen LogP contribution in [0.15, 0.2) is 41.8 Å². The molecule has 5 nitrogen and oxygen atoms in total. The Labute approximate surface area is 111 Å². The number of sulfone groups is 1. The van der Waals surface area contributed by atoms with Gasteiger partial charge in [0.1, 0.15) is 0 Å². The van der Waals surface area contributed by atoms with E-state index in [1.807, 2.05) is 0 Å². The van der Waals surface area contributed by atoms with E-state index in [2.05, 4.69) is 5.32 Å². The Morgan fingerprint density at radius 1 is 1.32 bits per heavy atom. The Morgan fingerprint density at radius 3 is 2.58 bits per heavy atom. The number of nitrogens with one attached hydrogen (secondary N) is 1. The smallest absolute Gasteiger partial charge is 0.244 e. The Morgan fingerprint density at radius 2 is 2.00 bits per heavy atom. The first kappa shape index (κ1) is 13.4. The molecule has 100 valence electrons. The molecule has 1 aromatic carbocycles. The lowest BCUT2D eigenvalue weighted by atomic mass is 10.2. The number of benzene rings is 1. The molecule has 1 aliphatic rings. The number of anilines is 1. The Balaban J connectivity index is 1.92. The van der Waals surface area contributed by atoms with Crippen molar-refractivity contribution in [2.45, 2.75) is 6.04 Å². The largest absolute Gasteiger partial charge is 0.399 e. The lowest BCUT2D eigenvalue weighted by Crippen LogP contribution is -2.34. The first-order valence-corrected chi connectivity index (χ1v) is 7.41. The predicted octanol–water partition coefficient (Wildman–Crippen LogP) is 0.709. The number of nitrogen functional groups attached to an aromatic ring is 1. The molecular weight excluding hydrogens is 264 g/mol. The highest BCUT2D eigenvalue weighted by Gasteiger charge is 2.22. The minimum Gasteiger partial charge on any atom is -0.399 e. The summed E-state index contributed by atoms with van der Waals surface area (Å²) in [7, 11) is -3.15. The number of amides is 1. The molecule has 3 N–H and O–H groups in total. The Kier molecular flexibility index (Phi) is 3.71. The molecule has 1 heterocycles. The lowest BCUT2D eigenvalue weighted by Gasteiger charge is -2.06. The van der Waals surface area contributed by atoms with E-state index in [4.69, 9.17) is 5.73 Å². The van der Waals surface area contributed by atoms with Crippen LogP contribution in [0.5, 0.6) is 0 Å². The average Bonchev–Trinajstić information content (AvgIpc) is 2.68. The fourth-order valence-electron chi connectivity index (χ4n) is 1.68. The van der Waals surface area contributed by atoms with Gasteiger partial charge in [0, 0.05) is 17.2 Å². The van der Waals surface area contributed by atoms with Crippen LogP contribution < -0.4 is 11.1 Å². The van der Waals surface area contributed by atoms with Gasteiger partial charge in [-0.15, -0.1) is 0 Å². The molecule has 0 fully saturated rings. The summed E-state index contributed by atoms with van der Waals surface area (Å²) < 4.78 is 22.3. The van der Waals surface area contributed by atoms with Crippen LogP contribution >= 0.6 is 0 Å². The molecule has 1 aromatic rings. The molecule has 1 atom stereocenters. The summed E-state index contributed by atoms with van der Waals surface area (Å²) in [4.78, 5) is 11.6. The van der Waals surface area contributed by atoms with Crippen molar-refractivity contribution in [2.24, 2.45) is 0 Å². The molecular formula is C13H14N2O3S. The Hall–Kier alpha value is -2.08. The van der Waals surface area contributed by atoms with E-state index in [0.29, 0.717) is 5.69 Å². The van der Waals surface area contributed by atoms with E-state index in [-0.39, 0.29) is 11.7 Å². The van der Waals surface area contributed by atoms with Crippen molar-refractivity contribution < 1.29 is 13.2 Å². The van der Waals surface area contributed by atoms with Crippen LogP contribution in [0, 0.1) is 0 Å². The van der Waals surface area contributed by atoms with Gasteiger partial charge in [-0.2, -0.15) is 0 Å². The van der Waals surface area contributed by atoms with Gasteiger partial charge in [0.05, 0.1) is 11.8 Å². The SMILES string of the molecule is Nc1ccc(/C=C/C(=O)NC2C=CS(=O)(=O)C2)cc1. The number of nitrogens with two attached hydrogens (primary N) is 1. The normalized spacial score (nSPS) is 20.7. The summed E-state index contributed by atoms with van der Waals surface area (Å²) in [6.07, 6.45) is 4.48. The fourth-order valence-corrected chi connectivity index (χ4v) is 2.91. The summed E-state index contributed by atoms with van der Waals surface area (Å²) in [5.41, 5.74) is 7.05. The molecule has 1 amide bonds. The maximum absolute atomic E-state index is 11.6. The molecule has 1 unspecified atom stereocenters. The maximum Gasteiger partial charge on any atom is 0.244 e. The van der Waals surface area contributed by atoms with Crippen molar-refractivity contribution in [3.8, 4) is 0 Å². The minimum absolute atomic E-state index is 0.0749. The summed E-state index contributed by atoms with van der Waals surface area (Å²) in [5.74, 6) is -0.405. The third kappa shape index (κ3) is 3.96. The number of carbonyl (C=O) groups is 1. The number of hydrogen-bond acceptors (Lipinski definition) is 4. The molecule has 0 spiro atoms. The van der Waals surface area contributed by atoms with Crippen molar-refractivity contribution in [3.05, 3.63) is 47.4 Å². The molecule has 6 heteroatoms. The highest BCUT2D eigenvalue weighted by Crippen LogP contribution is 2.09. The van der Waals surface area contributed by atoms with Crippen molar-refractivity contribution in [1.82, 2.24) is 5.32 Å². The summed E-state index contributed by atoms with van der Waals surface area (Å²) in [6, 6.07) is 6.61. The summed E-state index contributed by atoms with van der Waals surface area (Å²) in [6.45, 7) is 0. The van der Waals surface area contributed by atoms with E-state index in [1.54, 1.807) is 30.3 Å². The topological polar surface area (TPSA) is 89.3 Å². The molecule has 1 aliphatic heterocycles. The summed E-state index contributed by atoms with van der Waals surface area (Å²) >= 11 is 0. The Bertz CT molecular complexity index is 630. The molecule has 0 aromatic heterocycles. The van der Waals surface area contributed by atoms with Crippen LogP contribution in [0.3, 0.4) is 0 Å². The molecule has 0 saturated heterocycles. The lowest BCUT2D eigenvalue weighted by molar-refractivity contribution is -0.116. The van der Waals surface area contributed by atoms with Gasteiger partial charge in [-0.1, -0.05) is 12.1 Å². The third-order valence-electron chi connectivity index (χ3n) is 2.62. The van der Waals surface area contributed by atoms with E-state index in [9.17, 15) is 13.2 Å². The molecule has 0 bridgehead atoms. The zero-order valence-electron chi connectivity index (χ0n) is 10.1. The second kappa shape index (κ2) is 5.27. The number of hydrogen-bond donors (Lipinski definition) is 2. The van der Waals surface area contributed by atoms with E-state index >= 15 is 0 Å². The number of carbonyl (C=O) groups excluding carboxylic acids is 1. The van der Waals surface area contributed by atoms with Crippen molar-refractivity contribution in [3.63, 3.8) is 0 Å². The van der Waals surface area contributed by atoms with E-state index < -0.39 is 15.9 Å². The minimum atomic E-state index is -3.15. The van der Waals surface area contributed by atoms with Gasteiger partial charge in [0.25, 0.3) is 0 Å². The van der Waals surface area contributed by atoms with Crippen LogP contribution in [0.4, 0.5) is 5.69 Å².